The summed E-state index contributed by atoms with van der Waals surface area (Å²) in [6.45, 7) is 2.32. The molecule has 1 saturated heterocycles. The van der Waals surface area contributed by atoms with Gasteiger partial charge in [0.05, 0.1) is 18.3 Å². The Morgan fingerprint density at radius 2 is 2.10 bits per heavy atom. The topological polar surface area (TPSA) is 29.5 Å². The van der Waals surface area contributed by atoms with E-state index in [1.807, 2.05) is 28.5 Å². The fourth-order valence-electron chi connectivity index (χ4n) is 2.75. The summed E-state index contributed by atoms with van der Waals surface area (Å²) >= 11 is 5.01. The largest absolute Gasteiger partial charge is 0.377 e. The number of amides is 1. The van der Waals surface area contributed by atoms with Crippen molar-refractivity contribution >= 4 is 43.3 Å². The molecule has 3 nitrogen and oxygen atoms in total. The van der Waals surface area contributed by atoms with E-state index in [2.05, 4.69) is 22.0 Å². The Morgan fingerprint density at radius 3 is 2.86 bits per heavy atom. The highest BCUT2D eigenvalue weighted by atomic mass is 79.9. The molecule has 0 bridgehead atoms. The quantitative estimate of drug-likeness (QED) is 0.766. The second-order valence-electron chi connectivity index (χ2n) is 5.20. The number of carbonyl (C=O) groups excluding carboxylic acids is 1. The van der Waals surface area contributed by atoms with E-state index in [1.165, 1.54) is 4.70 Å². The van der Waals surface area contributed by atoms with E-state index in [0.717, 1.165) is 48.8 Å². The lowest BCUT2D eigenvalue weighted by Crippen LogP contribution is -2.41. The predicted octanol–water partition coefficient (Wildman–Crippen LogP) is 3.92. The molecule has 3 rings (SSSR count). The van der Waals surface area contributed by atoms with Gasteiger partial charge in [-0.15, -0.1) is 11.3 Å². The molecule has 0 N–H and O–H groups in total. The zero-order valence-electron chi connectivity index (χ0n) is 11.8. The summed E-state index contributed by atoms with van der Waals surface area (Å²) in [7, 11) is 0. The predicted molar refractivity (Wildman–Crippen MR) is 90.5 cm³/mol. The smallest absolute Gasteiger partial charge is 0.255 e. The highest BCUT2D eigenvalue weighted by Crippen LogP contribution is 2.27. The van der Waals surface area contributed by atoms with Gasteiger partial charge in [0.25, 0.3) is 5.91 Å². The molecular weight excluding hydrogens is 350 g/mol. The second kappa shape index (κ2) is 6.90. The van der Waals surface area contributed by atoms with Crippen LogP contribution in [0, 0.1) is 0 Å². The lowest BCUT2D eigenvalue weighted by molar-refractivity contribution is 0.0161. The number of rotatable bonds is 4. The number of piperidine rings is 1. The number of hydrogen-bond donors (Lipinski definition) is 0. The van der Waals surface area contributed by atoms with Crippen molar-refractivity contribution in [1.29, 1.82) is 0 Å². The lowest BCUT2D eigenvalue weighted by Gasteiger charge is -2.31. The molecule has 21 heavy (non-hydrogen) atoms. The first kappa shape index (κ1) is 15.0. The van der Waals surface area contributed by atoms with Crippen LogP contribution in [0.5, 0.6) is 0 Å². The fraction of sp³-hybridized carbons (Fsp3) is 0.438. The number of likely N-dealkylation sites (tertiary alicyclic amines) is 1. The van der Waals surface area contributed by atoms with Crippen LogP contribution in [0.25, 0.3) is 10.1 Å². The minimum Gasteiger partial charge on any atom is -0.377 e. The molecule has 0 atom stereocenters. The van der Waals surface area contributed by atoms with Gasteiger partial charge in [0, 0.05) is 33.9 Å². The summed E-state index contributed by atoms with van der Waals surface area (Å²) in [5.41, 5.74) is 0.843. The van der Waals surface area contributed by atoms with Gasteiger partial charge in [-0.3, -0.25) is 4.79 Å². The van der Waals surface area contributed by atoms with Gasteiger partial charge < -0.3 is 9.64 Å². The van der Waals surface area contributed by atoms with Gasteiger partial charge in [-0.2, -0.15) is 0 Å². The number of nitrogens with zero attached hydrogens (tertiary/aromatic N) is 1. The molecule has 0 aliphatic carbocycles. The van der Waals surface area contributed by atoms with Crippen LogP contribution in [0.2, 0.25) is 0 Å². The maximum Gasteiger partial charge on any atom is 0.255 e. The molecule has 0 unspecified atom stereocenters. The number of hydrogen-bond acceptors (Lipinski definition) is 3. The summed E-state index contributed by atoms with van der Waals surface area (Å²) in [5, 5.41) is 3.93. The molecule has 0 radical (unpaired) electrons. The number of ether oxygens (including phenoxy) is 1. The molecular formula is C16H18BrNO2S. The van der Waals surface area contributed by atoms with Crippen LogP contribution in [-0.4, -0.2) is 41.9 Å². The minimum atomic E-state index is 0.159. The first-order chi connectivity index (χ1) is 10.3. The molecule has 1 amide bonds. The van der Waals surface area contributed by atoms with Crippen LogP contribution in [0.15, 0.2) is 29.6 Å². The second-order valence-corrected chi connectivity index (χ2v) is 6.90. The zero-order chi connectivity index (χ0) is 14.7. The third kappa shape index (κ3) is 3.30. The highest BCUT2D eigenvalue weighted by Gasteiger charge is 2.25. The Labute approximate surface area is 137 Å². The van der Waals surface area contributed by atoms with E-state index >= 15 is 0 Å². The van der Waals surface area contributed by atoms with Crippen LogP contribution in [0.1, 0.15) is 23.2 Å². The number of benzene rings is 1. The van der Waals surface area contributed by atoms with Crippen molar-refractivity contribution in [2.24, 2.45) is 0 Å². The van der Waals surface area contributed by atoms with E-state index < -0.39 is 0 Å². The minimum absolute atomic E-state index is 0.159. The van der Waals surface area contributed by atoms with Crippen molar-refractivity contribution in [1.82, 2.24) is 4.90 Å². The average Bonchev–Trinajstić information content (AvgIpc) is 2.97. The van der Waals surface area contributed by atoms with Crippen LogP contribution < -0.4 is 0 Å². The van der Waals surface area contributed by atoms with Crippen molar-refractivity contribution in [3.8, 4) is 0 Å². The molecule has 5 heteroatoms. The van der Waals surface area contributed by atoms with Gasteiger partial charge in [-0.05, 0) is 18.9 Å². The van der Waals surface area contributed by atoms with E-state index in [4.69, 9.17) is 4.74 Å². The molecule has 0 saturated carbocycles. The molecule has 1 aromatic heterocycles. The van der Waals surface area contributed by atoms with E-state index in [-0.39, 0.29) is 5.91 Å². The van der Waals surface area contributed by atoms with Crippen molar-refractivity contribution in [3.63, 3.8) is 0 Å². The van der Waals surface area contributed by atoms with Gasteiger partial charge in [0.1, 0.15) is 0 Å². The summed E-state index contributed by atoms with van der Waals surface area (Å²) in [5.74, 6) is 0.159. The normalized spacial score (nSPS) is 16.5. The molecule has 1 aromatic carbocycles. The Morgan fingerprint density at radius 1 is 1.33 bits per heavy atom. The number of fused-ring (bicyclic) bond motifs is 1. The standard InChI is InChI=1S/C16H18BrNO2S/c17-7-10-20-12-5-8-18(9-6-12)16(19)14-11-21-15-4-2-1-3-13(14)15/h1-4,11-12H,5-10H2. The third-order valence-corrected chi connectivity index (χ3v) is 5.16. The van der Waals surface area contributed by atoms with Gasteiger partial charge in [0.2, 0.25) is 0 Å². The maximum absolute atomic E-state index is 12.7. The van der Waals surface area contributed by atoms with Crippen LogP contribution >= 0.6 is 27.3 Å². The molecule has 2 heterocycles. The van der Waals surface area contributed by atoms with Crippen molar-refractivity contribution in [2.45, 2.75) is 18.9 Å². The zero-order valence-corrected chi connectivity index (χ0v) is 14.2. The van der Waals surface area contributed by atoms with Gasteiger partial charge in [-0.1, -0.05) is 34.1 Å². The van der Waals surface area contributed by atoms with Crippen molar-refractivity contribution < 1.29 is 9.53 Å². The van der Waals surface area contributed by atoms with Crippen LogP contribution in [0.4, 0.5) is 0 Å². The van der Waals surface area contributed by atoms with Crippen LogP contribution in [0.3, 0.4) is 0 Å². The van der Waals surface area contributed by atoms with Crippen molar-refractivity contribution in [2.75, 3.05) is 25.0 Å². The number of thiophene rings is 1. The van der Waals surface area contributed by atoms with Crippen molar-refractivity contribution in [3.05, 3.63) is 35.2 Å². The average molecular weight is 368 g/mol. The first-order valence-corrected chi connectivity index (χ1v) is 9.23. The first-order valence-electron chi connectivity index (χ1n) is 7.22. The number of halogens is 1. The molecule has 0 spiro atoms. The van der Waals surface area contributed by atoms with E-state index in [1.54, 1.807) is 11.3 Å². The monoisotopic (exact) mass is 367 g/mol. The van der Waals surface area contributed by atoms with Gasteiger partial charge in [-0.25, -0.2) is 0 Å². The molecule has 1 aliphatic heterocycles. The maximum atomic E-state index is 12.7. The van der Waals surface area contributed by atoms with E-state index in [9.17, 15) is 4.79 Å². The Kier molecular flexibility index (Phi) is 4.93. The van der Waals surface area contributed by atoms with E-state index in [0.29, 0.717) is 6.10 Å². The fourth-order valence-corrected chi connectivity index (χ4v) is 3.87. The number of carbonyl (C=O) groups is 1. The summed E-state index contributed by atoms with van der Waals surface area (Å²) in [6, 6.07) is 8.11. The Bertz CT molecular complexity index is 620. The van der Waals surface area contributed by atoms with Gasteiger partial charge >= 0.3 is 0 Å². The molecule has 2 aromatic rings. The lowest BCUT2D eigenvalue weighted by atomic mass is 10.1. The summed E-state index contributed by atoms with van der Waals surface area (Å²) in [4.78, 5) is 14.6. The Balaban J connectivity index is 1.67. The SMILES string of the molecule is O=C(c1csc2ccccc12)N1CCC(OCCBr)CC1. The Hall–Kier alpha value is -0.910. The summed E-state index contributed by atoms with van der Waals surface area (Å²) < 4.78 is 6.92. The third-order valence-electron chi connectivity index (χ3n) is 3.87. The molecule has 1 fully saturated rings. The van der Waals surface area contributed by atoms with Gasteiger partial charge in [0.15, 0.2) is 0 Å². The highest BCUT2D eigenvalue weighted by molar-refractivity contribution is 9.09. The van der Waals surface area contributed by atoms with Crippen LogP contribution in [-0.2, 0) is 4.74 Å². The summed E-state index contributed by atoms with van der Waals surface area (Å²) in [6.07, 6.45) is 2.16. The molecule has 1 aliphatic rings. The molecule has 112 valence electrons. The number of alkyl halides is 1.